The highest BCUT2D eigenvalue weighted by Gasteiger charge is 2.47. The number of halogens is 4. The van der Waals surface area contributed by atoms with Crippen LogP contribution in [-0.2, 0) is 57.5 Å². The van der Waals surface area contributed by atoms with Crippen molar-refractivity contribution in [2.75, 3.05) is 82.1 Å². The van der Waals surface area contributed by atoms with E-state index in [9.17, 15) is 51.5 Å². The predicted molar refractivity (Wildman–Crippen MR) is 382 cm³/mol. The van der Waals surface area contributed by atoms with Crippen LogP contribution in [0.25, 0.3) is 0 Å². The molecule has 0 aromatic rings. The molecular weight excluding hydrogens is 1410 g/mol. The first-order valence-electron chi connectivity index (χ1n) is 36.8. The van der Waals surface area contributed by atoms with Crippen LogP contribution >= 0.6 is 22.6 Å². The van der Waals surface area contributed by atoms with E-state index in [1.165, 1.54) is 77.9 Å². The molecule has 5 aliphatic rings. The summed E-state index contributed by atoms with van der Waals surface area (Å²) in [5, 5.41) is 11.5. The summed E-state index contributed by atoms with van der Waals surface area (Å²) >= 11 is 2.36. The van der Waals surface area contributed by atoms with E-state index in [1.807, 2.05) is 34.6 Å². The molecular formula is C72H120F3IN12O12. The Morgan fingerprint density at radius 2 is 1.08 bits per heavy atom. The zero-order chi connectivity index (χ0) is 74.8. The highest BCUT2D eigenvalue weighted by molar-refractivity contribution is 14.1. The van der Waals surface area contributed by atoms with Crippen molar-refractivity contribution in [1.29, 1.82) is 0 Å². The second-order valence-corrected chi connectivity index (χ2v) is 32.9. The van der Waals surface area contributed by atoms with Gasteiger partial charge in [-0.3, -0.25) is 57.5 Å². The topological polar surface area (TPSA) is 279 Å². The van der Waals surface area contributed by atoms with Gasteiger partial charge in [0.1, 0.15) is 47.8 Å². The second kappa shape index (κ2) is 38.6. The van der Waals surface area contributed by atoms with E-state index in [-0.39, 0.29) is 85.4 Å². The van der Waals surface area contributed by atoms with Crippen molar-refractivity contribution in [2.45, 2.75) is 261 Å². The van der Waals surface area contributed by atoms with Crippen LogP contribution in [0.2, 0.25) is 0 Å². The molecule has 3 saturated carbocycles. The van der Waals surface area contributed by atoms with Gasteiger partial charge in [-0.15, -0.1) is 0 Å². The SMILES string of the molecule is CC[C@H](C)[C@@H]1NC(=O)[C@H](CC(C)C)N(C)C(=O)C[C@@H](C(=O)N2CCCCC2)N(C)C(=O)[C@H](CC(C)C)NC(=O)C(C)(C)N(C)C(=O)[C@H](CC2CCC(C(F)(F)F)CC2)NC(=O)[C@H](CC2CCCC(I)C2)NC(=O)CN(C)C(=O)[C@H](CC2CCCCC2)N(C)C(=O)CN(C)C(=O)CN(C)C1=O. The normalized spacial score (nSPS) is 29.4. The quantitative estimate of drug-likeness (QED) is 0.111. The second-order valence-electron chi connectivity index (χ2n) is 31.1. The highest BCUT2D eigenvalue weighted by atomic mass is 127. The number of amides is 12. The van der Waals surface area contributed by atoms with Crippen molar-refractivity contribution in [3.8, 4) is 0 Å². The number of alkyl halides is 4. The number of likely N-dealkylation sites (N-methyl/N-ethyl adjacent to an activating group) is 7. The van der Waals surface area contributed by atoms with Gasteiger partial charge in [0.2, 0.25) is 70.9 Å². The minimum absolute atomic E-state index is 0.0291. The summed E-state index contributed by atoms with van der Waals surface area (Å²) in [6.45, 7) is 13.0. The number of hydrogen-bond donors (Lipinski definition) is 4. The molecule has 12 amide bonds. The Labute approximate surface area is 606 Å². The summed E-state index contributed by atoms with van der Waals surface area (Å²) in [6.07, 6.45) is 5.42. The molecule has 5 rings (SSSR count). The maximum absolute atomic E-state index is 15.4. The van der Waals surface area contributed by atoms with Gasteiger partial charge in [-0.05, 0) is 139 Å². The Balaban J connectivity index is 1.63. The first kappa shape index (κ1) is 84.8. The Morgan fingerprint density at radius 1 is 0.530 bits per heavy atom. The molecule has 3 aliphatic carbocycles. The molecule has 28 heteroatoms. The Hall–Kier alpha value is -5.84. The van der Waals surface area contributed by atoms with Gasteiger partial charge in [0.25, 0.3) is 0 Å². The first-order chi connectivity index (χ1) is 46.8. The van der Waals surface area contributed by atoms with E-state index in [2.05, 4.69) is 43.9 Å². The molecule has 0 aromatic carbocycles. The molecule has 24 nitrogen and oxygen atoms in total. The fraction of sp³-hybridized carbons (Fsp3) is 0.833. The van der Waals surface area contributed by atoms with Crippen molar-refractivity contribution in [2.24, 2.45) is 41.4 Å². The van der Waals surface area contributed by atoms with Crippen molar-refractivity contribution in [3.05, 3.63) is 0 Å². The molecule has 2 unspecified atom stereocenters. The minimum atomic E-state index is -4.43. The fourth-order valence-electron chi connectivity index (χ4n) is 14.8. The van der Waals surface area contributed by atoms with Crippen molar-refractivity contribution >= 4 is 93.5 Å². The third-order valence-electron chi connectivity index (χ3n) is 22.0. The van der Waals surface area contributed by atoms with Gasteiger partial charge >= 0.3 is 6.18 Å². The molecule has 4 N–H and O–H groups in total. The molecule has 100 heavy (non-hydrogen) atoms. The van der Waals surface area contributed by atoms with Gasteiger partial charge in [0, 0.05) is 66.3 Å². The summed E-state index contributed by atoms with van der Waals surface area (Å²) in [7, 11) is 9.83. The lowest BCUT2D eigenvalue weighted by atomic mass is 9.78. The molecule has 0 bridgehead atoms. The van der Waals surface area contributed by atoms with E-state index in [0.717, 1.165) is 77.4 Å². The van der Waals surface area contributed by atoms with Gasteiger partial charge in [0.15, 0.2) is 0 Å². The summed E-state index contributed by atoms with van der Waals surface area (Å²) in [5.41, 5.74) is -1.82. The molecule has 0 spiro atoms. The molecule has 0 aromatic heterocycles. The van der Waals surface area contributed by atoms with Crippen molar-refractivity contribution in [3.63, 3.8) is 0 Å². The van der Waals surface area contributed by atoms with Crippen LogP contribution in [0.5, 0.6) is 0 Å². The third-order valence-corrected chi connectivity index (χ3v) is 23.1. The van der Waals surface area contributed by atoms with E-state index in [4.69, 9.17) is 0 Å². The average Bonchev–Trinajstić information content (AvgIpc) is 0.808. The summed E-state index contributed by atoms with van der Waals surface area (Å²) < 4.78 is 42.5. The van der Waals surface area contributed by atoms with Gasteiger partial charge in [-0.1, -0.05) is 115 Å². The number of rotatable bonds is 13. The van der Waals surface area contributed by atoms with E-state index in [1.54, 1.807) is 11.8 Å². The third kappa shape index (κ3) is 24.1. The molecule has 0 radical (unpaired) electrons. The lowest BCUT2D eigenvalue weighted by Crippen LogP contribution is -2.64. The van der Waals surface area contributed by atoms with Crippen LogP contribution in [0.1, 0.15) is 203 Å². The van der Waals surface area contributed by atoms with Crippen LogP contribution in [0.3, 0.4) is 0 Å². The lowest BCUT2D eigenvalue weighted by Gasteiger charge is -2.40. The zero-order valence-corrected chi connectivity index (χ0v) is 64.6. The largest absolute Gasteiger partial charge is 0.391 e. The first-order valence-corrected chi connectivity index (χ1v) is 38.0. The maximum Gasteiger partial charge on any atom is 0.391 e. The Bertz CT molecular complexity index is 2830. The number of hydrogen-bond acceptors (Lipinski definition) is 12. The van der Waals surface area contributed by atoms with Crippen LogP contribution in [0.4, 0.5) is 13.2 Å². The number of piperidine rings is 1. The van der Waals surface area contributed by atoms with Crippen LogP contribution in [0.15, 0.2) is 0 Å². The molecule has 2 heterocycles. The van der Waals surface area contributed by atoms with Crippen LogP contribution < -0.4 is 21.3 Å². The number of carbonyl (C=O) groups is 12. The molecule has 10 atom stereocenters. The Morgan fingerprint density at radius 3 is 1.66 bits per heavy atom. The fourth-order valence-corrected chi connectivity index (χ4v) is 16.0. The minimum Gasteiger partial charge on any atom is -0.343 e. The smallest absolute Gasteiger partial charge is 0.343 e. The van der Waals surface area contributed by atoms with Gasteiger partial charge < -0.3 is 60.5 Å². The van der Waals surface area contributed by atoms with Crippen LogP contribution in [-0.4, -0.2) is 250 Å². The predicted octanol–water partition coefficient (Wildman–Crippen LogP) is 6.69. The lowest BCUT2D eigenvalue weighted by molar-refractivity contribution is -0.184. The standard InChI is InChI=1S/C72H120F3IN12O12/c1-16-46(6)62-69(99)83(11)42-60(91)81(9)43-61(92)85(13)56(39-47-24-19-17-20-25-47)67(97)82(10)41-58(89)77-52(38-49-26-23-27-51(76)36-49)63(93)78-54(37-48-28-30-50(31-29-48)72(73,74)75)66(96)87(15)71(7,8)70(100)79-53(34-44(2)3)65(95)86(14)57(68(98)88-32-21-18-22-33-88)40-59(90)84(12)55(35-45(4)5)64(94)80-62/h44-57,62H,16-43H2,1-15H3,(H,77,89)(H,78,93)(H,79,100)(H,80,94)/t46-,48?,49?,50?,51?,52-,53-,54-,55-,56-,57-,62-/m0/s1. The number of nitrogens with zero attached hydrogens (tertiary/aromatic N) is 8. The summed E-state index contributed by atoms with van der Waals surface area (Å²) in [6, 6.07) is -9.00. The monoisotopic (exact) mass is 1530 g/mol. The summed E-state index contributed by atoms with van der Waals surface area (Å²) in [4.78, 5) is 188. The summed E-state index contributed by atoms with van der Waals surface area (Å²) in [5.74, 6) is -11.1. The highest BCUT2D eigenvalue weighted by Crippen LogP contribution is 2.41. The average molecular weight is 1530 g/mol. The molecule has 2 aliphatic heterocycles. The van der Waals surface area contributed by atoms with Crippen molar-refractivity contribution < 1.29 is 70.7 Å². The van der Waals surface area contributed by atoms with E-state index in [0.29, 0.717) is 38.8 Å². The van der Waals surface area contributed by atoms with E-state index < -0.39 is 169 Å². The van der Waals surface area contributed by atoms with Gasteiger partial charge in [-0.2, -0.15) is 13.2 Å². The van der Waals surface area contributed by atoms with Crippen LogP contribution in [0, 0.1) is 41.4 Å². The number of likely N-dealkylation sites (tertiary alicyclic amines) is 1. The number of carbonyl (C=O) groups excluding carboxylic acids is 12. The molecule has 568 valence electrons. The molecule has 5 fully saturated rings. The Kier molecular flexibility index (Phi) is 32.7. The maximum atomic E-state index is 15.4. The zero-order valence-electron chi connectivity index (χ0n) is 62.4. The molecule has 2 saturated heterocycles. The number of nitrogens with one attached hydrogen (secondary N) is 4. The van der Waals surface area contributed by atoms with Crippen molar-refractivity contribution in [1.82, 2.24) is 60.5 Å². The van der Waals surface area contributed by atoms with Gasteiger partial charge in [-0.25, -0.2) is 0 Å². The van der Waals surface area contributed by atoms with E-state index >= 15 is 19.2 Å². The van der Waals surface area contributed by atoms with Gasteiger partial charge in [0.05, 0.1) is 32.0 Å².